The number of ether oxygens (including phenoxy) is 1. The first kappa shape index (κ1) is 22.7. The van der Waals surface area contributed by atoms with Gasteiger partial charge in [0.05, 0.1) is 6.10 Å². The SMILES string of the molecule is CCCNC(=O)CCNC(=NCCc1cccs1)Nc1ccc(OC(C)C)cc1. The third-order valence-electron chi connectivity index (χ3n) is 3.91. The molecule has 0 aliphatic heterocycles. The lowest BCUT2D eigenvalue weighted by atomic mass is 10.3. The van der Waals surface area contributed by atoms with Gasteiger partial charge in [-0.15, -0.1) is 11.3 Å². The normalized spacial score (nSPS) is 11.4. The third kappa shape index (κ3) is 9.47. The van der Waals surface area contributed by atoms with Crippen LogP contribution in [0.4, 0.5) is 5.69 Å². The fourth-order valence-electron chi connectivity index (χ4n) is 2.55. The number of hydrogen-bond acceptors (Lipinski definition) is 4. The minimum absolute atomic E-state index is 0.0486. The van der Waals surface area contributed by atoms with Gasteiger partial charge in [-0.2, -0.15) is 0 Å². The molecule has 0 unspecified atom stereocenters. The van der Waals surface area contributed by atoms with E-state index in [4.69, 9.17) is 4.74 Å². The Hall–Kier alpha value is -2.54. The summed E-state index contributed by atoms with van der Waals surface area (Å²) in [4.78, 5) is 17.8. The van der Waals surface area contributed by atoms with E-state index in [1.54, 1.807) is 11.3 Å². The van der Waals surface area contributed by atoms with E-state index < -0.39 is 0 Å². The Balaban J connectivity index is 1.92. The number of carbonyl (C=O) groups excluding carboxylic acids is 1. The van der Waals surface area contributed by atoms with Gasteiger partial charge in [-0.1, -0.05) is 13.0 Å². The lowest BCUT2D eigenvalue weighted by Crippen LogP contribution is -2.35. The molecule has 0 aliphatic rings. The van der Waals surface area contributed by atoms with Gasteiger partial charge in [0.2, 0.25) is 5.91 Å². The fourth-order valence-corrected chi connectivity index (χ4v) is 3.24. The molecule has 0 aliphatic carbocycles. The first-order valence-electron chi connectivity index (χ1n) is 10.2. The van der Waals surface area contributed by atoms with E-state index in [2.05, 4.69) is 38.5 Å². The molecule has 0 fully saturated rings. The molecule has 1 aromatic heterocycles. The summed E-state index contributed by atoms with van der Waals surface area (Å²) < 4.78 is 5.69. The Morgan fingerprint density at radius 3 is 2.59 bits per heavy atom. The molecule has 0 spiro atoms. The minimum Gasteiger partial charge on any atom is -0.491 e. The number of rotatable bonds is 11. The first-order chi connectivity index (χ1) is 14.1. The molecule has 2 aromatic rings. The molecule has 0 radical (unpaired) electrons. The van der Waals surface area contributed by atoms with Crippen molar-refractivity contribution < 1.29 is 9.53 Å². The van der Waals surface area contributed by atoms with Crippen LogP contribution in [0.1, 0.15) is 38.5 Å². The van der Waals surface area contributed by atoms with E-state index in [9.17, 15) is 4.79 Å². The number of hydrogen-bond donors (Lipinski definition) is 3. The van der Waals surface area contributed by atoms with Gasteiger partial charge in [-0.05, 0) is 56.0 Å². The molecule has 3 N–H and O–H groups in total. The van der Waals surface area contributed by atoms with E-state index in [-0.39, 0.29) is 12.0 Å². The highest BCUT2D eigenvalue weighted by atomic mass is 32.1. The van der Waals surface area contributed by atoms with Crippen molar-refractivity contribution in [3.05, 3.63) is 46.7 Å². The summed E-state index contributed by atoms with van der Waals surface area (Å²) in [7, 11) is 0. The highest BCUT2D eigenvalue weighted by Crippen LogP contribution is 2.17. The zero-order valence-corrected chi connectivity index (χ0v) is 18.3. The number of carbonyl (C=O) groups is 1. The predicted molar refractivity (Wildman–Crippen MR) is 122 cm³/mol. The Bertz CT molecular complexity index is 743. The zero-order chi connectivity index (χ0) is 20.9. The Kier molecular flexibility index (Phi) is 10.1. The number of aliphatic imine (C=N–C) groups is 1. The highest BCUT2D eigenvalue weighted by Gasteiger charge is 2.05. The number of amides is 1. The van der Waals surface area contributed by atoms with E-state index in [1.165, 1.54) is 4.88 Å². The molecule has 158 valence electrons. The quantitative estimate of drug-likeness (QED) is 0.382. The van der Waals surface area contributed by atoms with Crippen molar-refractivity contribution >= 4 is 28.9 Å². The lowest BCUT2D eigenvalue weighted by molar-refractivity contribution is -0.120. The summed E-state index contributed by atoms with van der Waals surface area (Å²) in [5.74, 6) is 1.55. The van der Waals surface area contributed by atoms with E-state index in [0.717, 1.165) is 24.3 Å². The van der Waals surface area contributed by atoms with Crippen molar-refractivity contribution in [2.24, 2.45) is 4.99 Å². The van der Waals surface area contributed by atoms with Gasteiger partial charge in [-0.25, -0.2) is 0 Å². The molecule has 1 aromatic carbocycles. The molecule has 2 rings (SSSR count). The first-order valence-corrected chi connectivity index (χ1v) is 11.1. The van der Waals surface area contributed by atoms with Gasteiger partial charge in [-0.3, -0.25) is 9.79 Å². The van der Waals surface area contributed by atoms with Gasteiger partial charge in [0, 0.05) is 43.0 Å². The van der Waals surface area contributed by atoms with E-state index >= 15 is 0 Å². The highest BCUT2D eigenvalue weighted by molar-refractivity contribution is 7.09. The summed E-state index contributed by atoms with van der Waals surface area (Å²) in [6.45, 7) is 7.96. The summed E-state index contributed by atoms with van der Waals surface area (Å²) in [6.07, 6.45) is 2.38. The van der Waals surface area contributed by atoms with Gasteiger partial charge < -0.3 is 20.7 Å². The molecule has 0 atom stereocenters. The molecule has 0 saturated carbocycles. The Morgan fingerprint density at radius 1 is 1.14 bits per heavy atom. The van der Waals surface area contributed by atoms with Crippen LogP contribution in [0.25, 0.3) is 0 Å². The molecule has 1 amide bonds. The average molecular weight is 417 g/mol. The van der Waals surface area contributed by atoms with Crippen LogP contribution in [0.5, 0.6) is 5.75 Å². The van der Waals surface area contributed by atoms with Gasteiger partial charge >= 0.3 is 0 Å². The summed E-state index contributed by atoms with van der Waals surface area (Å²) in [6, 6.07) is 12.0. The maximum atomic E-state index is 11.8. The molecular weight excluding hydrogens is 384 g/mol. The van der Waals surface area contributed by atoms with Crippen LogP contribution in [0.2, 0.25) is 0 Å². The van der Waals surface area contributed by atoms with Crippen molar-refractivity contribution in [1.82, 2.24) is 10.6 Å². The van der Waals surface area contributed by atoms with Crippen LogP contribution in [0.15, 0.2) is 46.8 Å². The topological polar surface area (TPSA) is 74.8 Å². The average Bonchev–Trinajstić information content (AvgIpc) is 3.21. The molecule has 0 bridgehead atoms. The number of guanidine groups is 1. The smallest absolute Gasteiger partial charge is 0.221 e. The largest absolute Gasteiger partial charge is 0.491 e. The van der Waals surface area contributed by atoms with Crippen LogP contribution in [0.3, 0.4) is 0 Å². The van der Waals surface area contributed by atoms with Crippen molar-refractivity contribution in [1.29, 1.82) is 0 Å². The third-order valence-corrected chi connectivity index (χ3v) is 4.85. The van der Waals surface area contributed by atoms with Crippen molar-refractivity contribution in [3.63, 3.8) is 0 Å². The van der Waals surface area contributed by atoms with Crippen molar-refractivity contribution in [3.8, 4) is 5.75 Å². The van der Waals surface area contributed by atoms with Crippen molar-refractivity contribution in [2.45, 2.75) is 46.1 Å². The lowest BCUT2D eigenvalue weighted by Gasteiger charge is -2.14. The summed E-state index contributed by atoms with van der Waals surface area (Å²) >= 11 is 1.74. The van der Waals surface area contributed by atoms with E-state index in [0.29, 0.717) is 32.0 Å². The molecule has 29 heavy (non-hydrogen) atoms. The van der Waals surface area contributed by atoms with Gasteiger partial charge in [0.1, 0.15) is 5.75 Å². The molecule has 0 saturated heterocycles. The second kappa shape index (κ2) is 12.8. The van der Waals surface area contributed by atoms with Crippen LogP contribution < -0.4 is 20.7 Å². The molecule has 1 heterocycles. The minimum atomic E-state index is 0.0486. The second-order valence-corrected chi connectivity index (χ2v) is 7.93. The number of benzene rings is 1. The number of nitrogens with one attached hydrogen (secondary N) is 3. The summed E-state index contributed by atoms with van der Waals surface area (Å²) in [5, 5.41) is 11.5. The van der Waals surface area contributed by atoms with Gasteiger partial charge in [0.15, 0.2) is 5.96 Å². The molecule has 6 nitrogen and oxygen atoms in total. The zero-order valence-electron chi connectivity index (χ0n) is 17.5. The van der Waals surface area contributed by atoms with Crippen LogP contribution in [-0.2, 0) is 11.2 Å². The fraction of sp³-hybridized carbons (Fsp3) is 0.455. The second-order valence-electron chi connectivity index (χ2n) is 6.90. The van der Waals surface area contributed by atoms with Crippen LogP contribution >= 0.6 is 11.3 Å². The Morgan fingerprint density at radius 2 is 1.93 bits per heavy atom. The molecule has 7 heteroatoms. The Labute approximate surface area is 177 Å². The van der Waals surface area contributed by atoms with Crippen LogP contribution in [-0.4, -0.2) is 37.6 Å². The summed E-state index contributed by atoms with van der Waals surface area (Å²) in [5.41, 5.74) is 0.916. The maximum Gasteiger partial charge on any atom is 0.221 e. The van der Waals surface area contributed by atoms with E-state index in [1.807, 2.05) is 45.0 Å². The number of thiophene rings is 1. The predicted octanol–water partition coefficient (Wildman–Crippen LogP) is 4.05. The standard InChI is InChI=1S/C22H32N4O2S/c1-4-13-23-21(27)12-15-25-22(24-14-11-20-6-5-16-29-20)26-18-7-9-19(10-8-18)28-17(2)3/h5-10,16-17H,4,11-15H2,1-3H3,(H,23,27)(H2,24,25,26). The molecular formula is C22H32N4O2S. The van der Waals surface area contributed by atoms with Crippen LogP contribution in [0, 0.1) is 0 Å². The maximum absolute atomic E-state index is 11.8. The monoisotopic (exact) mass is 416 g/mol. The van der Waals surface area contributed by atoms with Crippen molar-refractivity contribution in [2.75, 3.05) is 25.0 Å². The van der Waals surface area contributed by atoms with Gasteiger partial charge in [0.25, 0.3) is 0 Å². The number of nitrogens with zero attached hydrogens (tertiary/aromatic N) is 1. The number of anilines is 1.